The summed E-state index contributed by atoms with van der Waals surface area (Å²) in [6, 6.07) is 15.5. The molecule has 1 unspecified atom stereocenters. The van der Waals surface area contributed by atoms with Crippen molar-refractivity contribution in [2.45, 2.75) is 36.9 Å². The zero-order valence-corrected chi connectivity index (χ0v) is 25.2. The number of para-hydroxylation sites is 1. The number of aromatic carboxylic acids is 1. The summed E-state index contributed by atoms with van der Waals surface area (Å²) < 4.78 is 6.07. The number of methoxy groups -OCH3 is 1. The van der Waals surface area contributed by atoms with Crippen LogP contribution in [0, 0.1) is 16.7 Å². The van der Waals surface area contributed by atoms with Gasteiger partial charge in [-0.3, -0.25) is 14.5 Å². The molecule has 2 aromatic carbocycles. The minimum absolute atomic E-state index is 0.00393. The average molecular weight is 617 g/mol. The lowest BCUT2D eigenvalue weighted by Gasteiger charge is -2.42. The lowest BCUT2D eigenvalue weighted by molar-refractivity contribution is -0.118. The van der Waals surface area contributed by atoms with E-state index in [1.54, 1.807) is 30.2 Å². The van der Waals surface area contributed by atoms with E-state index in [0.717, 1.165) is 11.8 Å². The van der Waals surface area contributed by atoms with Gasteiger partial charge in [-0.15, -0.1) is 10.2 Å². The lowest BCUT2D eigenvalue weighted by atomic mass is 9.68. The van der Waals surface area contributed by atoms with E-state index in [2.05, 4.69) is 21.6 Å². The number of Topliss-reactive ketones (excluding diaryl/α,β-unsaturated/α-hetero) is 1. The number of carboxylic acid groups (broad SMARTS) is 1. The van der Waals surface area contributed by atoms with Crippen LogP contribution in [0.3, 0.4) is 0 Å². The van der Waals surface area contributed by atoms with Crippen molar-refractivity contribution in [1.29, 1.82) is 5.26 Å². The number of carbonyl (C=O) groups excluding carboxylic acids is 2. The fourth-order valence-corrected chi connectivity index (χ4v) is 7.03. The Labute approximate surface area is 256 Å². The number of rotatable bonds is 8. The second kappa shape index (κ2) is 11.9. The highest BCUT2D eigenvalue weighted by Crippen LogP contribution is 2.52. The Morgan fingerprint density at radius 1 is 1.23 bits per heavy atom. The molecule has 1 atom stereocenters. The number of carboxylic acids is 1. The highest BCUT2D eigenvalue weighted by atomic mass is 32.2. The summed E-state index contributed by atoms with van der Waals surface area (Å²) in [4.78, 5) is 39.2. The highest BCUT2D eigenvalue weighted by Gasteiger charge is 2.46. The smallest absolute Gasteiger partial charge is 0.335 e. The first-order valence-electron chi connectivity index (χ1n) is 13.2. The fraction of sp³-hybridized carbons (Fsp3) is 0.267. The molecule has 13 heteroatoms. The molecule has 0 spiro atoms. The molecule has 5 rings (SSSR count). The monoisotopic (exact) mass is 616 g/mol. The molecule has 2 aliphatic rings. The number of allylic oxidation sites excluding steroid dienone is 3. The zero-order valence-electron chi connectivity index (χ0n) is 23.6. The van der Waals surface area contributed by atoms with E-state index in [1.807, 2.05) is 32.0 Å². The van der Waals surface area contributed by atoms with Gasteiger partial charge in [-0.2, -0.15) is 5.26 Å². The molecular formula is C30H28N6O5S2. The summed E-state index contributed by atoms with van der Waals surface area (Å²) in [5.41, 5.74) is 8.82. The molecule has 0 saturated heterocycles. The average Bonchev–Trinajstić information content (AvgIpc) is 3.43. The number of nitrogens with one attached hydrogen (secondary N) is 1. The normalized spacial score (nSPS) is 17.8. The third kappa shape index (κ3) is 5.97. The second-order valence-corrected chi connectivity index (χ2v) is 13.0. The summed E-state index contributed by atoms with van der Waals surface area (Å²) in [5, 5.41) is 31.1. The summed E-state index contributed by atoms with van der Waals surface area (Å²) in [7, 11) is 1.54. The van der Waals surface area contributed by atoms with E-state index < -0.39 is 11.9 Å². The molecule has 4 N–H and O–H groups in total. The quantitative estimate of drug-likeness (QED) is 0.294. The predicted octanol–water partition coefficient (Wildman–Crippen LogP) is 4.92. The SMILES string of the molecule is COc1ccccc1C1C(C#N)=C(N)N(c2nnc(SCC(=O)Nc3cccc(C(=O)O)c3)s2)C2=C1C(=O)CC(C)(C)C2. The van der Waals surface area contributed by atoms with Gasteiger partial charge in [0.05, 0.1) is 36.0 Å². The molecule has 2 heterocycles. The van der Waals surface area contributed by atoms with Crippen LogP contribution in [0.5, 0.6) is 5.75 Å². The number of aromatic nitrogens is 2. The highest BCUT2D eigenvalue weighted by molar-refractivity contribution is 8.01. The van der Waals surface area contributed by atoms with Crippen molar-refractivity contribution >= 4 is 51.6 Å². The number of thioether (sulfide) groups is 1. The van der Waals surface area contributed by atoms with Crippen LogP contribution < -0.4 is 20.7 Å². The summed E-state index contributed by atoms with van der Waals surface area (Å²) in [6.45, 7) is 4.02. The number of ketones is 1. The number of hydrogen-bond donors (Lipinski definition) is 3. The number of hydrogen-bond acceptors (Lipinski definition) is 11. The van der Waals surface area contributed by atoms with E-state index in [4.69, 9.17) is 10.5 Å². The van der Waals surface area contributed by atoms with E-state index in [-0.39, 0.29) is 39.8 Å². The van der Waals surface area contributed by atoms with Crippen LogP contribution in [0.1, 0.15) is 48.5 Å². The topological polar surface area (TPSA) is 172 Å². The van der Waals surface area contributed by atoms with E-state index in [9.17, 15) is 24.8 Å². The van der Waals surface area contributed by atoms with Crippen LogP contribution in [0.4, 0.5) is 10.8 Å². The van der Waals surface area contributed by atoms with Gasteiger partial charge >= 0.3 is 5.97 Å². The Hall–Kier alpha value is -4.67. The number of nitriles is 1. The fourth-order valence-electron chi connectivity index (χ4n) is 5.35. The number of amides is 1. The molecule has 1 aromatic heterocycles. The van der Waals surface area contributed by atoms with Crippen LogP contribution in [0.2, 0.25) is 0 Å². The molecule has 220 valence electrons. The Kier molecular flexibility index (Phi) is 8.25. The van der Waals surface area contributed by atoms with Crippen LogP contribution in [0.15, 0.2) is 75.5 Å². The summed E-state index contributed by atoms with van der Waals surface area (Å²) >= 11 is 2.34. The van der Waals surface area contributed by atoms with Crippen molar-refractivity contribution in [3.8, 4) is 11.8 Å². The van der Waals surface area contributed by atoms with Crippen LogP contribution in [0.25, 0.3) is 0 Å². The maximum absolute atomic E-state index is 13.8. The van der Waals surface area contributed by atoms with Gasteiger partial charge in [0, 0.05) is 28.9 Å². The van der Waals surface area contributed by atoms with Gasteiger partial charge < -0.3 is 20.9 Å². The molecule has 11 nitrogen and oxygen atoms in total. The number of nitrogens with zero attached hydrogens (tertiary/aromatic N) is 4. The van der Waals surface area contributed by atoms with Gasteiger partial charge in [0.25, 0.3) is 0 Å². The minimum atomic E-state index is -1.09. The molecule has 43 heavy (non-hydrogen) atoms. The molecule has 3 aromatic rings. The largest absolute Gasteiger partial charge is 0.496 e. The van der Waals surface area contributed by atoms with Crippen molar-refractivity contribution in [3.63, 3.8) is 0 Å². The van der Waals surface area contributed by atoms with Gasteiger partial charge in [-0.1, -0.05) is 61.2 Å². The number of anilines is 2. The first-order chi connectivity index (χ1) is 20.5. The second-order valence-electron chi connectivity index (χ2n) is 10.8. The number of ether oxygens (including phenoxy) is 1. The first kappa shape index (κ1) is 29.8. The Morgan fingerprint density at radius 2 is 2.00 bits per heavy atom. The van der Waals surface area contributed by atoms with Crippen LogP contribution >= 0.6 is 23.1 Å². The standard InChI is InChI=1S/C30H28N6O5S2/c1-30(2)12-20-25(21(37)13-30)24(18-9-4-5-10-22(18)41-3)19(14-31)26(32)36(20)28-34-35-29(43-28)42-15-23(38)33-17-8-6-7-16(11-17)27(39)40/h4-11,24H,12-13,15,32H2,1-3H3,(H,33,38)(H,39,40). The van der Waals surface area contributed by atoms with E-state index in [1.165, 1.54) is 23.5 Å². The predicted molar refractivity (Wildman–Crippen MR) is 163 cm³/mol. The van der Waals surface area contributed by atoms with Crippen molar-refractivity contribution in [2.24, 2.45) is 11.1 Å². The number of benzene rings is 2. The van der Waals surface area contributed by atoms with Gasteiger partial charge in [-0.05, 0) is 36.1 Å². The lowest BCUT2D eigenvalue weighted by Crippen LogP contribution is -2.42. The molecule has 0 radical (unpaired) electrons. The minimum Gasteiger partial charge on any atom is -0.496 e. The van der Waals surface area contributed by atoms with E-state index in [0.29, 0.717) is 50.6 Å². The molecule has 1 amide bonds. The zero-order chi connectivity index (χ0) is 30.9. The van der Waals surface area contributed by atoms with Gasteiger partial charge in [0.2, 0.25) is 11.0 Å². The molecule has 0 fully saturated rings. The number of nitrogens with two attached hydrogens (primary N) is 1. The molecular weight excluding hydrogens is 589 g/mol. The maximum atomic E-state index is 13.8. The molecule has 1 aliphatic carbocycles. The maximum Gasteiger partial charge on any atom is 0.335 e. The van der Waals surface area contributed by atoms with Crippen molar-refractivity contribution < 1.29 is 24.2 Å². The number of carbonyl (C=O) groups is 3. The van der Waals surface area contributed by atoms with Crippen LogP contribution in [-0.4, -0.2) is 45.8 Å². The van der Waals surface area contributed by atoms with Crippen LogP contribution in [-0.2, 0) is 9.59 Å². The Bertz CT molecular complexity index is 1740. The Morgan fingerprint density at radius 3 is 2.72 bits per heavy atom. The molecule has 0 saturated carbocycles. The van der Waals surface area contributed by atoms with Gasteiger partial charge in [0.15, 0.2) is 10.1 Å². The molecule has 1 aliphatic heterocycles. The Balaban J connectivity index is 1.45. The van der Waals surface area contributed by atoms with Crippen molar-refractivity contribution in [2.75, 3.05) is 23.1 Å². The van der Waals surface area contributed by atoms with Gasteiger partial charge in [0.1, 0.15) is 11.6 Å². The van der Waals surface area contributed by atoms with Gasteiger partial charge in [-0.25, -0.2) is 4.79 Å². The third-order valence-corrected chi connectivity index (χ3v) is 9.18. The summed E-state index contributed by atoms with van der Waals surface area (Å²) in [5.74, 6) is -1.50. The van der Waals surface area contributed by atoms with E-state index >= 15 is 0 Å². The van der Waals surface area contributed by atoms with Crippen molar-refractivity contribution in [3.05, 3.63) is 82.3 Å². The molecule has 0 bridgehead atoms. The first-order valence-corrected chi connectivity index (χ1v) is 15.0. The third-order valence-electron chi connectivity index (χ3n) is 7.14. The summed E-state index contributed by atoms with van der Waals surface area (Å²) in [6.07, 6.45) is 0.824. The van der Waals surface area contributed by atoms with Crippen molar-refractivity contribution in [1.82, 2.24) is 10.2 Å².